The molecule has 2 aliphatic heterocycles. The number of hydrogen-bond acceptors (Lipinski definition) is 4. The Labute approximate surface area is 97.7 Å². The largest absolute Gasteiger partial charge is 0.374 e. The maximum absolute atomic E-state index is 11.4. The molecule has 16 heavy (non-hydrogen) atoms. The lowest BCUT2D eigenvalue weighted by Gasteiger charge is -2.26. The molecule has 0 amide bonds. The fraction of sp³-hybridized carbons (Fsp3) is 1.00. The number of ether oxygens (including phenoxy) is 1. The third kappa shape index (κ3) is 2.96. The average Bonchev–Trinajstić information content (AvgIpc) is 2.69. The van der Waals surface area contributed by atoms with Crippen molar-refractivity contribution in [2.24, 2.45) is 0 Å². The van der Waals surface area contributed by atoms with Crippen molar-refractivity contribution in [2.75, 3.05) is 18.1 Å². The van der Waals surface area contributed by atoms with Crippen LogP contribution in [0.5, 0.6) is 0 Å². The summed E-state index contributed by atoms with van der Waals surface area (Å²) >= 11 is 0. The second-order valence-corrected chi connectivity index (χ2v) is 7.61. The molecule has 1 N–H and O–H groups in total. The maximum atomic E-state index is 11.4. The van der Waals surface area contributed by atoms with Crippen molar-refractivity contribution < 1.29 is 13.2 Å². The predicted molar refractivity (Wildman–Crippen MR) is 63.2 cm³/mol. The molecule has 0 aromatic rings. The van der Waals surface area contributed by atoms with Crippen molar-refractivity contribution >= 4 is 9.84 Å². The number of nitrogens with one attached hydrogen (secondary N) is 1. The van der Waals surface area contributed by atoms with Crippen LogP contribution in [0.25, 0.3) is 0 Å². The molecular formula is C11H21NO3S. The molecule has 0 spiro atoms. The molecular weight excluding hydrogens is 226 g/mol. The molecule has 0 radical (unpaired) electrons. The molecule has 4 nitrogen and oxygen atoms in total. The third-order valence-corrected chi connectivity index (χ3v) is 5.48. The summed E-state index contributed by atoms with van der Waals surface area (Å²) in [5.41, 5.74) is -0.242. The van der Waals surface area contributed by atoms with E-state index in [0.717, 1.165) is 25.8 Å². The molecule has 2 rings (SSSR count). The van der Waals surface area contributed by atoms with Crippen LogP contribution in [0.15, 0.2) is 0 Å². The van der Waals surface area contributed by atoms with Crippen LogP contribution in [0.2, 0.25) is 0 Å². The first-order valence-corrected chi connectivity index (χ1v) is 7.82. The molecule has 5 heteroatoms. The van der Waals surface area contributed by atoms with Gasteiger partial charge in [-0.1, -0.05) is 0 Å². The summed E-state index contributed by atoms with van der Waals surface area (Å²) in [6.07, 6.45) is 3.53. The Hall–Kier alpha value is -0.130. The second kappa shape index (κ2) is 4.27. The van der Waals surface area contributed by atoms with Gasteiger partial charge in [-0.25, -0.2) is 8.42 Å². The van der Waals surface area contributed by atoms with Crippen LogP contribution in [0, 0.1) is 0 Å². The van der Waals surface area contributed by atoms with Gasteiger partial charge in [0.1, 0.15) is 0 Å². The highest BCUT2D eigenvalue weighted by Crippen LogP contribution is 2.24. The summed E-state index contributed by atoms with van der Waals surface area (Å²) in [6, 6.07) is 0. The van der Waals surface area contributed by atoms with E-state index in [2.05, 4.69) is 12.2 Å². The maximum Gasteiger partial charge on any atom is 0.152 e. The number of rotatable bonds is 3. The first kappa shape index (κ1) is 12.3. The van der Waals surface area contributed by atoms with Crippen LogP contribution in [0.3, 0.4) is 0 Å². The van der Waals surface area contributed by atoms with Gasteiger partial charge in [-0.2, -0.15) is 0 Å². The van der Waals surface area contributed by atoms with Crippen molar-refractivity contribution in [3.8, 4) is 0 Å². The van der Waals surface area contributed by atoms with Gasteiger partial charge >= 0.3 is 0 Å². The van der Waals surface area contributed by atoms with E-state index >= 15 is 0 Å². The van der Waals surface area contributed by atoms with Gasteiger partial charge in [-0.05, 0) is 33.1 Å². The van der Waals surface area contributed by atoms with Gasteiger partial charge in [-0.3, -0.25) is 0 Å². The van der Waals surface area contributed by atoms with Gasteiger partial charge in [0.15, 0.2) is 9.84 Å². The van der Waals surface area contributed by atoms with E-state index in [1.165, 1.54) is 0 Å². The topological polar surface area (TPSA) is 55.4 Å². The minimum Gasteiger partial charge on any atom is -0.374 e. The molecule has 3 atom stereocenters. The van der Waals surface area contributed by atoms with Gasteiger partial charge in [0.2, 0.25) is 0 Å². The smallest absolute Gasteiger partial charge is 0.152 e. The Morgan fingerprint density at radius 2 is 2.19 bits per heavy atom. The Bertz CT molecular complexity index is 354. The summed E-state index contributed by atoms with van der Waals surface area (Å²) in [5.74, 6) is 0.584. The fourth-order valence-corrected chi connectivity index (χ4v) is 4.67. The number of sulfone groups is 1. The van der Waals surface area contributed by atoms with Gasteiger partial charge in [0.25, 0.3) is 0 Å². The SMILES string of the molecule is CC1CCC(CNC2(C)CCS(=O)(=O)C2)O1. The van der Waals surface area contributed by atoms with E-state index in [1.807, 2.05) is 6.92 Å². The van der Waals surface area contributed by atoms with E-state index in [1.54, 1.807) is 0 Å². The van der Waals surface area contributed by atoms with Crippen molar-refractivity contribution in [3.05, 3.63) is 0 Å². The molecule has 94 valence electrons. The van der Waals surface area contributed by atoms with Gasteiger partial charge in [0, 0.05) is 12.1 Å². The highest BCUT2D eigenvalue weighted by Gasteiger charge is 2.38. The van der Waals surface area contributed by atoms with E-state index in [9.17, 15) is 8.42 Å². The summed E-state index contributed by atoms with van der Waals surface area (Å²) in [5, 5.41) is 3.37. The molecule has 0 saturated carbocycles. The van der Waals surface area contributed by atoms with Crippen LogP contribution in [-0.4, -0.2) is 44.2 Å². The van der Waals surface area contributed by atoms with Crippen molar-refractivity contribution in [1.82, 2.24) is 5.32 Å². The lowest BCUT2D eigenvalue weighted by atomic mass is 10.0. The molecule has 0 aromatic carbocycles. The van der Waals surface area contributed by atoms with Crippen LogP contribution in [0.4, 0.5) is 0 Å². The van der Waals surface area contributed by atoms with Crippen molar-refractivity contribution in [3.63, 3.8) is 0 Å². The minimum atomic E-state index is -2.81. The first-order chi connectivity index (χ1) is 7.39. The summed E-state index contributed by atoms with van der Waals surface area (Å²) in [4.78, 5) is 0. The minimum absolute atomic E-state index is 0.242. The molecule has 3 unspecified atom stereocenters. The van der Waals surface area contributed by atoms with Crippen molar-refractivity contribution in [1.29, 1.82) is 0 Å². The predicted octanol–water partition coefficient (Wildman–Crippen LogP) is 0.721. The molecule has 2 heterocycles. The summed E-state index contributed by atoms with van der Waals surface area (Å²) < 4.78 is 28.6. The molecule has 2 fully saturated rings. The second-order valence-electron chi connectivity index (χ2n) is 5.43. The highest BCUT2D eigenvalue weighted by atomic mass is 32.2. The van der Waals surface area contributed by atoms with E-state index in [-0.39, 0.29) is 17.4 Å². The van der Waals surface area contributed by atoms with Gasteiger partial charge in [0.05, 0.1) is 23.7 Å². The summed E-state index contributed by atoms with van der Waals surface area (Å²) in [7, 11) is -2.81. The molecule has 0 bridgehead atoms. The molecule has 0 aliphatic carbocycles. The molecule has 0 aromatic heterocycles. The summed E-state index contributed by atoms with van der Waals surface area (Å²) in [6.45, 7) is 4.86. The first-order valence-electron chi connectivity index (χ1n) is 5.99. The van der Waals surface area contributed by atoms with Gasteiger partial charge < -0.3 is 10.1 Å². The van der Waals surface area contributed by atoms with Crippen molar-refractivity contribution in [2.45, 2.75) is 50.9 Å². The highest BCUT2D eigenvalue weighted by molar-refractivity contribution is 7.91. The Kier molecular flexibility index (Phi) is 3.29. The van der Waals surface area contributed by atoms with Crippen LogP contribution in [0.1, 0.15) is 33.1 Å². The standard InChI is InChI=1S/C11H21NO3S/c1-9-3-4-10(15-9)7-12-11(2)5-6-16(13,14)8-11/h9-10,12H,3-8H2,1-2H3. The quantitative estimate of drug-likeness (QED) is 0.798. The normalized spacial score (nSPS) is 42.6. The monoisotopic (exact) mass is 247 g/mol. The van der Waals surface area contributed by atoms with E-state index < -0.39 is 9.84 Å². The van der Waals surface area contributed by atoms with Crippen LogP contribution >= 0.6 is 0 Å². The lowest BCUT2D eigenvalue weighted by molar-refractivity contribution is 0.0519. The average molecular weight is 247 g/mol. The van der Waals surface area contributed by atoms with E-state index in [4.69, 9.17) is 4.74 Å². The molecule has 2 saturated heterocycles. The zero-order chi connectivity index (χ0) is 11.8. The lowest BCUT2D eigenvalue weighted by Crippen LogP contribution is -2.46. The zero-order valence-electron chi connectivity index (χ0n) is 10.0. The Morgan fingerprint density at radius 3 is 2.69 bits per heavy atom. The van der Waals surface area contributed by atoms with Crippen LogP contribution in [-0.2, 0) is 14.6 Å². The molecule has 2 aliphatic rings. The number of hydrogen-bond donors (Lipinski definition) is 1. The zero-order valence-corrected chi connectivity index (χ0v) is 10.8. The fourth-order valence-electron chi connectivity index (χ4n) is 2.55. The third-order valence-electron chi connectivity index (χ3n) is 3.58. The van der Waals surface area contributed by atoms with Crippen LogP contribution < -0.4 is 5.32 Å². The Morgan fingerprint density at radius 1 is 1.44 bits per heavy atom. The van der Waals surface area contributed by atoms with E-state index in [0.29, 0.717) is 11.9 Å². The van der Waals surface area contributed by atoms with Gasteiger partial charge in [-0.15, -0.1) is 0 Å². The Balaban J connectivity index is 1.82.